The molecular formula is C21H15F4N3O3S. The van der Waals surface area contributed by atoms with Crippen LogP contribution in [0.4, 0.5) is 17.6 Å². The van der Waals surface area contributed by atoms with Crippen molar-refractivity contribution in [2.24, 2.45) is 0 Å². The van der Waals surface area contributed by atoms with Gasteiger partial charge in [0, 0.05) is 29.2 Å². The first-order chi connectivity index (χ1) is 15.1. The minimum Gasteiger partial charge on any atom is -0.436 e. The minimum absolute atomic E-state index is 0.00556. The van der Waals surface area contributed by atoms with Crippen LogP contribution in [0.2, 0.25) is 0 Å². The Hall–Kier alpha value is -3.47. The van der Waals surface area contributed by atoms with Crippen LogP contribution in [-0.4, -0.2) is 20.7 Å². The number of nitrogens with zero attached hydrogens (tertiary/aromatic N) is 2. The lowest BCUT2D eigenvalue weighted by Crippen LogP contribution is -2.31. The second kappa shape index (κ2) is 8.23. The first kappa shape index (κ1) is 21.8. The predicted molar refractivity (Wildman–Crippen MR) is 112 cm³/mol. The van der Waals surface area contributed by atoms with Crippen LogP contribution >= 0.6 is 11.3 Å². The zero-order valence-corrected chi connectivity index (χ0v) is 17.3. The van der Waals surface area contributed by atoms with Gasteiger partial charge < -0.3 is 4.74 Å². The van der Waals surface area contributed by atoms with Crippen molar-refractivity contribution in [3.05, 3.63) is 74.8 Å². The van der Waals surface area contributed by atoms with Gasteiger partial charge in [0.15, 0.2) is 11.6 Å². The zero-order chi connectivity index (χ0) is 23.0. The summed E-state index contributed by atoms with van der Waals surface area (Å²) in [6.45, 7) is 1.04. The molecule has 166 valence electrons. The molecule has 6 nitrogen and oxygen atoms in total. The maximum absolute atomic E-state index is 13.8. The Morgan fingerprint density at radius 2 is 1.91 bits per heavy atom. The first-order valence-corrected chi connectivity index (χ1v) is 10.2. The first-order valence-electron chi connectivity index (χ1n) is 9.36. The summed E-state index contributed by atoms with van der Waals surface area (Å²) in [7, 11) is 0. The Labute approximate surface area is 181 Å². The number of H-pyrrole nitrogens is 1. The van der Waals surface area contributed by atoms with Crippen molar-refractivity contribution < 1.29 is 22.3 Å². The van der Waals surface area contributed by atoms with Gasteiger partial charge in [0.25, 0.3) is 5.56 Å². The van der Waals surface area contributed by atoms with Crippen LogP contribution in [0.1, 0.15) is 12.0 Å². The number of thiophene rings is 1. The maximum atomic E-state index is 13.8. The fourth-order valence-electron chi connectivity index (χ4n) is 3.21. The van der Waals surface area contributed by atoms with E-state index in [-0.39, 0.29) is 21.8 Å². The van der Waals surface area contributed by atoms with Crippen molar-refractivity contribution in [3.63, 3.8) is 0 Å². The lowest BCUT2D eigenvalue weighted by atomic mass is 10.1. The van der Waals surface area contributed by atoms with E-state index in [1.165, 1.54) is 30.5 Å². The molecule has 3 heterocycles. The Kier molecular flexibility index (Phi) is 5.59. The van der Waals surface area contributed by atoms with Gasteiger partial charge in [-0.15, -0.1) is 11.3 Å². The van der Waals surface area contributed by atoms with Gasteiger partial charge in [-0.2, -0.15) is 13.2 Å². The van der Waals surface area contributed by atoms with Crippen LogP contribution in [0.5, 0.6) is 11.6 Å². The third-order valence-electron chi connectivity index (χ3n) is 4.73. The van der Waals surface area contributed by atoms with E-state index in [1.807, 2.05) is 0 Å². The summed E-state index contributed by atoms with van der Waals surface area (Å²) in [6, 6.07) is 8.98. The number of aromatic amines is 1. The summed E-state index contributed by atoms with van der Waals surface area (Å²) in [5, 5.41) is 0.151. The second-order valence-corrected chi connectivity index (χ2v) is 7.93. The maximum Gasteiger partial charge on any atom is 0.390 e. The Bertz CT molecular complexity index is 1410. The number of alkyl halides is 3. The van der Waals surface area contributed by atoms with Gasteiger partial charge in [0.2, 0.25) is 5.88 Å². The van der Waals surface area contributed by atoms with E-state index in [0.29, 0.717) is 16.0 Å². The molecule has 0 radical (unpaired) electrons. The van der Waals surface area contributed by atoms with Crippen molar-refractivity contribution in [2.75, 3.05) is 0 Å². The fraction of sp³-hybridized carbons (Fsp3) is 0.190. The van der Waals surface area contributed by atoms with Crippen LogP contribution in [0.25, 0.3) is 20.7 Å². The van der Waals surface area contributed by atoms with Gasteiger partial charge >= 0.3 is 11.9 Å². The summed E-state index contributed by atoms with van der Waals surface area (Å²) >= 11 is 1.03. The van der Waals surface area contributed by atoms with Gasteiger partial charge in [-0.05, 0) is 30.7 Å². The molecule has 0 bridgehead atoms. The number of rotatable bonds is 5. The topological polar surface area (TPSA) is 77.0 Å². The molecule has 4 rings (SSSR count). The molecule has 1 N–H and O–H groups in total. The van der Waals surface area contributed by atoms with E-state index >= 15 is 0 Å². The van der Waals surface area contributed by atoms with E-state index in [4.69, 9.17) is 4.74 Å². The number of ether oxygens (including phenoxy) is 1. The van der Waals surface area contributed by atoms with Crippen LogP contribution in [0.3, 0.4) is 0 Å². The van der Waals surface area contributed by atoms with Gasteiger partial charge in [-0.1, -0.05) is 12.1 Å². The molecule has 0 aliphatic heterocycles. The third kappa shape index (κ3) is 4.28. The molecule has 0 aliphatic carbocycles. The molecule has 0 amide bonds. The monoisotopic (exact) mass is 465 g/mol. The van der Waals surface area contributed by atoms with E-state index in [0.717, 1.165) is 15.9 Å². The summed E-state index contributed by atoms with van der Waals surface area (Å²) in [6.07, 6.45) is -4.21. The van der Waals surface area contributed by atoms with Crippen molar-refractivity contribution in [2.45, 2.75) is 26.1 Å². The third-order valence-corrected chi connectivity index (χ3v) is 6.10. The number of fused-ring (bicyclic) bond motifs is 1. The van der Waals surface area contributed by atoms with Crippen LogP contribution in [0, 0.1) is 12.7 Å². The second-order valence-electron chi connectivity index (χ2n) is 6.93. The summed E-state index contributed by atoms with van der Waals surface area (Å²) in [4.78, 5) is 31.5. The smallest absolute Gasteiger partial charge is 0.390 e. The highest BCUT2D eigenvalue weighted by molar-refractivity contribution is 7.22. The Morgan fingerprint density at radius 1 is 1.16 bits per heavy atom. The SMILES string of the molecule is Cc1c(-c2ccc(Oc3ccccc3F)nc2)sc2c1c(=O)[nH]c(=O)n2CCC(F)(F)F. The molecule has 0 saturated carbocycles. The lowest BCUT2D eigenvalue weighted by Gasteiger charge is -2.09. The standard InChI is InChI=1S/C21H15F4N3O3S/c1-11-16-18(29)27-20(30)28(9-8-21(23,24)25)19(16)32-17(11)12-6-7-15(26-10-12)31-14-5-3-2-4-13(14)22/h2-7,10H,8-9H2,1H3,(H,27,29,30). The van der Waals surface area contributed by atoms with Gasteiger partial charge in [0.1, 0.15) is 4.83 Å². The Morgan fingerprint density at radius 3 is 2.56 bits per heavy atom. The van der Waals surface area contributed by atoms with E-state index in [9.17, 15) is 27.2 Å². The molecule has 1 aromatic carbocycles. The quantitative estimate of drug-likeness (QED) is 0.421. The van der Waals surface area contributed by atoms with Crippen molar-refractivity contribution in [1.82, 2.24) is 14.5 Å². The number of benzene rings is 1. The lowest BCUT2D eigenvalue weighted by molar-refractivity contribution is -0.136. The number of halogens is 4. The molecule has 3 aromatic heterocycles. The minimum atomic E-state index is -4.45. The van der Waals surface area contributed by atoms with Gasteiger partial charge in [-0.25, -0.2) is 14.2 Å². The molecule has 32 heavy (non-hydrogen) atoms. The molecular weight excluding hydrogens is 450 g/mol. The molecule has 4 aromatic rings. The average molecular weight is 465 g/mol. The van der Waals surface area contributed by atoms with E-state index in [1.54, 1.807) is 19.1 Å². The summed E-state index contributed by atoms with van der Waals surface area (Å²) in [5.41, 5.74) is -0.484. The number of aromatic nitrogens is 3. The van der Waals surface area contributed by atoms with Gasteiger partial charge in [0.05, 0.1) is 11.8 Å². The fourth-order valence-corrected chi connectivity index (χ4v) is 4.53. The molecule has 11 heteroatoms. The molecule has 0 saturated heterocycles. The summed E-state index contributed by atoms with van der Waals surface area (Å²) < 4.78 is 58.2. The number of hydrogen-bond acceptors (Lipinski definition) is 5. The number of para-hydroxylation sites is 1. The number of nitrogens with one attached hydrogen (secondary N) is 1. The van der Waals surface area contributed by atoms with Crippen molar-refractivity contribution in [1.29, 1.82) is 0 Å². The van der Waals surface area contributed by atoms with Gasteiger partial charge in [-0.3, -0.25) is 14.3 Å². The van der Waals surface area contributed by atoms with E-state index in [2.05, 4.69) is 9.97 Å². The van der Waals surface area contributed by atoms with Crippen molar-refractivity contribution >= 4 is 21.6 Å². The molecule has 0 fully saturated rings. The van der Waals surface area contributed by atoms with Crippen molar-refractivity contribution in [3.8, 4) is 22.1 Å². The average Bonchev–Trinajstić information content (AvgIpc) is 3.07. The normalized spacial score (nSPS) is 11.8. The molecule has 0 atom stereocenters. The number of hydrogen-bond donors (Lipinski definition) is 1. The molecule has 0 aliphatic rings. The van der Waals surface area contributed by atoms with Crippen LogP contribution in [0.15, 0.2) is 52.2 Å². The van der Waals surface area contributed by atoms with Crippen LogP contribution in [-0.2, 0) is 6.54 Å². The highest BCUT2D eigenvalue weighted by Gasteiger charge is 2.28. The molecule has 0 unspecified atom stereocenters. The number of aryl methyl sites for hydroxylation is 2. The highest BCUT2D eigenvalue weighted by Crippen LogP contribution is 2.37. The molecule has 0 spiro atoms. The highest BCUT2D eigenvalue weighted by atomic mass is 32.1. The summed E-state index contributed by atoms with van der Waals surface area (Å²) in [5.74, 6) is -0.404. The number of pyridine rings is 1. The zero-order valence-electron chi connectivity index (χ0n) is 16.5. The Balaban J connectivity index is 1.72. The predicted octanol–water partition coefficient (Wildman–Crippen LogP) is 5.01. The van der Waals surface area contributed by atoms with Crippen LogP contribution < -0.4 is 16.0 Å². The largest absolute Gasteiger partial charge is 0.436 e. The van der Waals surface area contributed by atoms with E-state index < -0.39 is 36.2 Å².